The molecule has 2 heterocycles. The second-order valence-corrected chi connectivity index (χ2v) is 7.37. The second kappa shape index (κ2) is 4.03. The van der Waals surface area contributed by atoms with Crippen LogP contribution in [0.25, 0.3) is 0 Å². The zero-order valence-corrected chi connectivity index (χ0v) is 11.6. The molecule has 19 heavy (non-hydrogen) atoms. The summed E-state index contributed by atoms with van der Waals surface area (Å²) >= 11 is 0. The van der Waals surface area contributed by atoms with E-state index in [9.17, 15) is 13.2 Å². The molecule has 1 spiro atoms. The molecule has 1 saturated carbocycles. The number of carbonyl (C=O) groups excluding carboxylic acids is 1. The Balaban J connectivity index is 2.09. The molecular formula is C13H16N2O3S. The third-order valence-corrected chi connectivity index (χ3v) is 5.31. The molecule has 6 heteroatoms. The van der Waals surface area contributed by atoms with E-state index in [0.717, 1.165) is 18.4 Å². The number of Topliss-reactive ketones (excluding diaryl/α,β-unsaturated/α-hetero) is 1. The number of aromatic nitrogens is 1. The van der Waals surface area contributed by atoms with E-state index in [4.69, 9.17) is 0 Å². The number of hydrogen-bond acceptors (Lipinski definition) is 4. The molecule has 0 amide bonds. The summed E-state index contributed by atoms with van der Waals surface area (Å²) < 4.78 is 25.2. The zero-order chi connectivity index (χ0) is 13.7. The van der Waals surface area contributed by atoms with Gasteiger partial charge < -0.3 is 0 Å². The summed E-state index contributed by atoms with van der Waals surface area (Å²) in [5.41, 5.74) is 0.758. The molecule has 102 valence electrons. The maximum absolute atomic E-state index is 11.9. The molecule has 0 aromatic carbocycles. The number of pyridine rings is 1. The lowest BCUT2D eigenvalue weighted by Crippen LogP contribution is -2.39. The smallest absolute Gasteiger partial charge is 0.233 e. The van der Waals surface area contributed by atoms with Crippen LogP contribution in [-0.4, -0.2) is 32.0 Å². The van der Waals surface area contributed by atoms with Crippen molar-refractivity contribution in [3.63, 3.8) is 0 Å². The van der Waals surface area contributed by atoms with E-state index in [0.29, 0.717) is 25.2 Å². The Kier molecular flexibility index (Phi) is 2.67. The number of nitrogens with zero attached hydrogens (tertiary/aromatic N) is 2. The molecule has 1 aliphatic carbocycles. The van der Waals surface area contributed by atoms with Crippen LogP contribution in [0.2, 0.25) is 0 Å². The summed E-state index contributed by atoms with van der Waals surface area (Å²) in [6.07, 6.45) is 5.33. The Labute approximate surface area is 112 Å². The summed E-state index contributed by atoms with van der Waals surface area (Å²) in [6.45, 7) is 0.422. The Morgan fingerprint density at radius 2 is 2.00 bits per heavy atom. The van der Waals surface area contributed by atoms with Gasteiger partial charge in [0.25, 0.3) is 0 Å². The standard InChI is InChI=1S/C13H16N2O3S/c1-19(17,18)15-9-13(6-4-10(16)5-7-13)11-3-2-8-14-12(11)15/h2-3,8H,4-7,9H2,1H3. The van der Waals surface area contributed by atoms with E-state index >= 15 is 0 Å². The number of carbonyl (C=O) groups is 1. The maximum atomic E-state index is 11.9. The molecule has 0 unspecified atom stereocenters. The van der Waals surface area contributed by atoms with Crippen LogP contribution in [0.5, 0.6) is 0 Å². The normalized spacial score (nSPS) is 21.7. The van der Waals surface area contributed by atoms with Gasteiger partial charge in [-0.15, -0.1) is 0 Å². The van der Waals surface area contributed by atoms with E-state index in [1.807, 2.05) is 12.1 Å². The monoisotopic (exact) mass is 280 g/mol. The predicted molar refractivity (Wildman–Crippen MR) is 71.6 cm³/mol. The summed E-state index contributed by atoms with van der Waals surface area (Å²) in [5.74, 6) is 0.813. The van der Waals surface area contributed by atoms with Crippen molar-refractivity contribution in [1.82, 2.24) is 4.98 Å². The van der Waals surface area contributed by atoms with Crippen molar-refractivity contribution >= 4 is 21.6 Å². The summed E-state index contributed by atoms with van der Waals surface area (Å²) in [6, 6.07) is 3.78. The number of ketones is 1. The van der Waals surface area contributed by atoms with Crippen LogP contribution < -0.4 is 4.31 Å². The van der Waals surface area contributed by atoms with Gasteiger partial charge in [-0.05, 0) is 18.9 Å². The highest BCUT2D eigenvalue weighted by Gasteiger charge is 2.47. The minimum Gasteiger partial charge on any atom is -0.300 e. The van der Waals surface area contributed by atoms with Crippen LogP contribution in [0.3, 0.4) is 0 Å². The first-order valence-corrected chi connectivity index (χ1v) is 8.22. The van der Waals surface area contributed by atoms with Gasteiger partial charge in [0.1, 0.15) is 11.6 Å². The molecule has 0 N–H and O–H groups in total. The number of sulfonamides is 1. The highest BCUT2D eigenvalue weighted by Crippen LogP contribution is 2.48. The molecule has 1 aromatic heterocycles. The molecule has 0 atom stereocenters. The Morgan fingerprint density at radius 3 is 2.63 bits per heavy atom. The van der Waals surface area contributed by atoms with Crippen molar-refractivity contribution in [2.75, 3.05) is 17.1 Å². The molecular weight excluding hydrogens is 264 g/mol. The largest absolute Gasteiger partial charge is 0.300 e. The molecule has 0 bridgehead atoms. The number of fused-ring (bicyclic) bond motifs is 2. The van der Waals surface area contributed by atoms with E-state index in [1.54, 1.807) is 6.20 Å². The molecule has 1 aromatic rings. The van der Waals surface area contributed by atoms with Crippen molar-refractivity contribution in [2.45, 2.75) is 31.1 Å². The molecule has 1 fully saturated rings. The molecule has 0 saturated heterocycles. The Morgan fingerprint density at radius 1 is 1.32 bits per heavy atom. The molecule has 3 rings (SSSR count). The quantitative estimate of drug-likeness (QED) is 0.776. The fraction of sp³-hybridized carbons (Fsp3) is 0.538. The van der Waals surface area contributed by atoms with Crippen molar-refractivity contribution in [3.8, 4) is 0 Å². The fourth-order valence-electron chi connectivity index (χ4n) is 3.15. The van der Waals surface area contributed by atoms with Gasteiger partial charge in [0.05, 0.1) is 6.26 Å². The van der Waals surface area contributed by atoms with Crippen LogP contribution in [-0.2, 0) is 20.2 Å². The summed E-state index contributed by atoms with van der Waals surface area (Å²) in [5, 5.41) is 0. The first-order valence-electron chi connectivity index (χ1n) is 6.37. The third kappa shape index (κ3) is 1.94. The lowest BCUT2D eigenvalue weighted by atomic mass is 9.71. The van der Waals surface area contributed by atoms with Gasteiger partial charge >= 0.3 is 0 Å². The molecule has 1 aliphatic heterocycles. The third-order valence-electron chi connectivity index (χ3n) is 4.21. The van der Waals surface area contributed by atoms with Gasteiger partial charge in [-0.2, -0.15) is 0 Å². The van der Waals surface area contributed by atoms with E-state index in [1.165, 1.54) is 10.6 Å². The number of rotatable bonds is 1. The summed E-state index contributed by atoms with van der Waals surface area (Å²) in [4.78, 5) is 15.7. The minimum atomic E-state index is -3.32. The Hall–Kier alpha value is -1.43. The molecule has 5 nitrogen and oxygen atoms in total. The van der Waals surface area contributed by atoms with Crippen molar-refractivity contribution < 1.29 is 13.2 Å². The van der Waals surface area contributed by atoms with Gasteiger partial charge in [-0.25, -0.2) is 13.4 Å². The van der Waals surface area contributed by atoms with Crippen molar-refractivity contribution in [2.24, 2.45) is 0 Å². The zero-order valence-electron chi connectivity index (χ0n) is 10.8. The topological polar surface area (TPSA) is 67.3 Å². The van der Waals surface area contributed by atoms with Crippen LogP contribution in [0.4, 0.5) is 5.82 Å². The molecule has 2 aliphatic rings. The fourth-order valence-corrected chi connectivity index (χ4v) is 4.10. The Bertz CT molecular complexity index is 629. The number of hydrogen-bond donors (Lipinski definition) is 0. The van der Waals surface area contributed by atoms with Crippen LogP contribution in [0.15, 0.2) is 18.3 Å². The SMILES string of the molecule is CS(=O)(=O)N1CC2(CCC(=O)CC2)c2cccnc21. The van der Waals surface area contributed by atoms with Crippen LogP contribution in [0, 0.1) is 0 Å². The van der Waals surface area contributed by atoms with Crippen LogP contribution in [0.1, 0.15) is 31.2 Å². The van der Waals surface area contributed by atoms with Crippen molar-refractivity contribution in [3.05, 3.63) is 23.9 Å². The highest BCUT2D eigenvalue weighted by atomic mass is 32.2. The minimum absolute atomic E-state index is 0.222. The van der Waals surface area contributed by atoms with E-state index in [-0.39, 0.29) is 11.2 Å². The van der Waals surface area contributed by atoms with Gasteiger partial charge in [-0.3, -0.25) is 9.10 Å². The van der Waals surface area contributed by atoms with Gasteiger partial charge in [-0.1, -0.05) is 6.07 Å². The van der Waals surface area contributed by atoms with Crippen molar-refractivity contribution in [1.29, 1.82) is 0 Å². The van der Waals surface area contributed by atoms with E-state index in [2.05, 4.69) is 4.98 Å². The highest BCUT2D eigenvalue weighted by molar-refractivity contribution is 7.92. The second-order valence-electron chi connectivity index (χ2n) is 5.46. The first kappa shape index (κ1) is 12.6. The van der Waals surface area contributed by atoms with Gasteiger partial charge in [0.2, 0.25) is 10.0 Å². The van der Waals surface area contributed by atoms with Gasteiger partial charge in [0.15, 0.2) is 0 Å². The average Bonchev–Trinajstić information content (AvgIpc) is 2.69. The lowest BCUT2D eigenvalue weighted by molar-refractivity contribution is -0.121. The van der Waals surface area contributed by atoms with Crippen LogP contribution >= 0.6 is 0 Å². The predicted octanol–water partition coefficient (Wildman–Crippen LogP) is 1.24. The molecule has 0 radical (unpaired) electrons. The van der Waals surface area contributed by atoms with E-state index < -0.39 is 10.0 Å². The number of anilines is 1. The van der Waals surface area contributed by atoms with Gasteiger partial charge in [0, 0.05) is 36.6 Å². The average molecular weight is 280 g/mol. The first-order chi connectivity index (χ1) is 8.92. The maximum Gasteiger partial charge on any atom is 0.233 e. The lowest BCUT2D eigenvalue weighted by Gasteiger charge is -2.33. The summed E-state index contributed by atoms with van der Waals surface area (Å²) in [7, 11) is -3.32.